The van der Waals surface area contributed by atoms with E-state index in [1.165, 1.54) is 5.56 Å². The molecule has 0 radical (unpaired) electrons. The highest BCUT2D eigenvalue weighted by Gasteiger charge is 2.41. The van der Waals surface area contributed by atoms with Crippen LogP contribution in [0.5, 0.6) is 5.75 Å². The number of hydrogen-bond acceptors (Lipinski definition) is 4. The number of nitrogens with one attached hydrogen (secondary N) is 1. The van der Waals surface area contributed by atoms with Gasteiger partial charge in [-0.05, 0) is 62.9 Å². The SMILES string of the molecule is COc1ccccc1-c1cccc(CC2(C(=O)N[C@@H]3CCCN(C)C3)CCOCC2)c1. The van der Waals surface area contributed by atoms with Crippen LogP contribution in [0.25, 0.3) is 11.1 Å². The fraction of sp³-hybridized carbons (Fsp3) is 0.500. The lowest BCUT2D eigenvalue weighted by Crippen LogP contribution is -2.53. The van der Waals surface area contributed by atoms with Crippen molar-refractivity contribution in [3.05, 3.63) is 54.1 Å². The molecule has 0 aromatic heterocycles. The molecule has 1 atom stereocenters. The Morgan fingerprint density at radius 1 is 1.19 bits per heavy atom. The Labute approximate surface area is 185 Å². The van der Waals surface area contributed by atoms with Crippen LogP contribution in [0, 0.1) is 5.41 Å². The Kier molecular flexibility index (Phi) is 6.93. The molecule has 0 unspecified atom stereocenters. The van der Waals surface area contributed by atoms with Gasteiger partial charge in [0.25, 0.3) is 0 Å². The van der Waals surface area contributed by atoms with Crippen LogP contribution in [0.1, 0.15) is 31.2 Å². The Hall–Kier alpha value is -2.37. The molecule has 2 fully saturated rings. The topological polar surface area (TPSA) is 50.8 Å². The molecule has 0 spiro atoms. The van der Waals surface area contributed by atoms with Crippen LogP contribution in [-0.2, 0) is 16.0 Å². The third-order valence-corrected chi connectivity index (χ3v) is 6.78. The highest BCUT2D eigenvalue weighted by Crippen LogP contribution is 2.37. The average molecular weight is 423 g/mol. The van der Waals surface area contributed by atoms with Crippen molar-refractivity contribution in [3.8, 4) is 16.9 Å². The van der Waals surface area contributed by atoms with Gasteiger partial charge in [0.2, 0.25) is 5.91 Å². The second kappa shape index (κ2) is 9.84. The van der Waals surface area contributed by atoms with E-state index in [-0.39, 0.29) is 11.9 Å². The van der Waals surface area contributed by atoms with Gasteiger partial charge < -0.3 is 19.7 Å². The van der Waals surface area contributed by atoms with E-state index in [0.29, 0.717) is 13.2 Å². The first-order valence-electron chi connectivity index (χ1n) is 11.4. The minimum Gasteiger partial charge on any atom is -0.496 e. The summed E-state index contributed by atoms with van der Waals surface area (Å²) in [6.45, 7) is 3.33. The Morgan fingerprint density at radius 3 is 2.77 bits per heavy atom. The molecule has 2 aromatic carbocycles. The molecule has 0 aliphatic carbocycles. The van der Waals surface area contributed by atoms with Crippen LogP contribution in [-0.4, -0.2) is 57.3 Å². The number of piperidine rings is 1. The molecule has 2 saturated heterocycles. The largest absolute Gasteiger partial charge is 0.496 e. The molecule has 2 aromatic rings. The van der Waals surface area contributed by atoms with Crippen molar-refractivity contribution in [3.63, 3.8) is 0 Å². The van der Waals surface area contributed by atoms with Crippen LogP contribution in [0.3, 0.4) is 0 Å². The number of likely N-dealkylation sites (N-methyl/N-ethyl adjacent to an activating group) is 1. The van der Waals surface area contributed by atoms with Crippen LogP contribution in [0.4, 0.5) is 0 Å². The minimum absolute atomic E-state index is 0.193. The summed E-state index contributed by atoms with van der Waals surface area (Å²) in [5.74, 6) is 1.05. The Bertz CT molecular complexity index is 892. The fourth-order valence-corrected chi connectivity index (χ4v) is 4.99. The number of amides is 1. The summed E-state index contributed by atoms with van der Waals surface area (Å²) in [6.07, 6.45) is 4.46. The molecule has 1 amide bonds. The molecule has 4 rings (SSSR count). The number of rotatable bonds is 6. The van der Waals surface area contributed by atoms with Gasteiger partial charge >= 0.3 is 0 Å². The normalized spacial score (nSPS) is 21.4. The molecular formula is C26H34N2O3. The number of nitrogens with zero attached hydrogens (tertiary/aromatic N) is 1. The van der Waals surface area contributed by atoms with Gasteiger partial charge in [0.05, 0.1) is 12.5 Å². The molecule has 2 heterocycles. The number of hydrogen-bond donors (Lipinski definition) is 1. The maximum atomic E-state index is 13.5. The number of methoxy groups -OCH3 is 1. The van der Waals surface area contributed by atoms with Gasteiger partial charge in [-0.1, -0.05) is 42.5 Å². The van der Waals surface area contributed by atoms with E-state index in [1.807, 2.05) is 18.2 Å². The zero-order valence-corrected chi connectivity index (χ0v) is 18.7. The third-order valence-electron chi connectivity index (χ3n) is 6.78. The molecule has 0 saturated carbocycles. The predicted octanol–water partition coefficient (Wildman–Crippen LogP) is 3.91. The Morgan fingerprint density at radius 2 is 2.00 bits per heavy atom. The smallest absolute Gasteiger partial charge is 0.226 e. The summed E-state index contributed by atoms with van der Waals surface area (Å²) in [5.41, 5.74) is 2.96. The highest BCUT2D eigenvalue weighted by molar-refractivity contribution is 5.83. The molecule has 166 valence electrons. The molecule has 31 heavy (non-hydrogen) atoms. The average Bonchev–Trinajstić information content (AvgIpc) is 2.80. The van der Waals surface area contributed by atoms with Crippen molar-refractivity contribution in [1.82, 2.24) is 10.2 Å². The Balaban J connectivity index is 1.56. The van der Waals surface area contributed by atoms with Gasteiger partial charge in [-0.2, -0.15) is 0 Å². The lowest BCUT2D eigenvalue weighted by molar-refractivity contribution is -0.137. The quantitative estimate of drug-likeness (QED) is 0.767. The minimum atomic E-state index is -0.409. The summed E-state index contributed by atoms with van der Waals surface area (Å²) >= 11 is 0. The number of ether oxygens (including phenoxy) is 2. The molecular weight excluding hydrogens is 388 g/mol. The second-order valence-corrected chi connectivity index (χ2v) is 9.04. The number of carbonyl (C=O) groups excluding carboxylic acids is 1. The molecule has 1 N–H and O–H groups in total. The molecule has 2 aliphatic heterocycles. The van der Waals surface area contributed by atoms with E-state index in [9.17, 15) is 4.79 Å². The maximum Gasteiger partial charge on any atom is 0.226 e. The standard InChI is InChI=1S/C26H34N2O3/c1-28-14-6-9-22(19-28)27-25(29)26(12-15-31-16-13-26)18-20-7-5-8-21(17-20)23-10-3-4-11-24(23)30-2/h3-5,7-8,10-11,17,22H,6,9,12-16,18-19H2,1-2H3,(H,27,29)/t22-/m1/s1. The van der Waals surface area contributed by atoms with Gasteiger partial charge in [-0.25, -0.2) is 0 Å². The first-order chi connectivity index (χ1) is 15.1. The van der Waals surface area contributed by atoms with Gasteiger partial charge in [0.1, 0.15) is 5.75 Å². The lowest BCUT2D eigenvalue weighted by Gasteiger charge is -2.39. The predicted molar refractivity (Wildman–Crippen MR) is 123 cm³/mol. The highest BCUT2D eigenvalue weighted by atomic mass is 16.5. The number of carbonyl (C=O) groups is 1. The number of para-hydroxylation sites is 1. The zero-order valence-electron chi connectivity index (χ0n) is 18.7. The van der Waals surface area contributed by atoms with E-state index >= 15 is 0 Å². The summed E-state index contributed by atoms with van der Waals surface area (Å²) in [4.78, 5) is 15.9. The van der Waals surface area contributed by atoms with E-state index < -0.39 is 5.41 Å². The summed E-state index contributed by atoms with van der Waals surface area (Å²) < 4.78 is 11.2. The van der Waals surface area contributed by atoms with E-state index in [1.54, 1.807) is 7.11 Å². The van der Waals surface area contributed by atoms with Crippen molar-refractivity contribution in [1.29, 1.82) is 0 Å². The second-order valence-electron chi connectivity index (χ2n) is 9.04. The van der Waals surface area contributed by atoms with Gasteiger partial charge in [-0.15, -0.1) is 0 Å². The van der Waals surface area contributed by atoms with Crippen molar-refractivity contribution >= 4 is 5.91 Å². The first-order valence-corrected chi connectivity index (χ1v) is 11.4. The van der Waals surface area contributed by atoms with Crippen molar-refractivity contribution in [2.24, 2.45) is 5.41 Å². The van der Waals surface area contributed by atoms with Gasteiger partial charge in [0, 0.05) is 31.4 Å². The maximum absolute atomic E-state index is 13.5. The zero-order chi connectivity index (χ0) is 21.7. The van der Waals surface area contributed by atoms with E-state index in [2.05, 4.69) is 47.6 Å². The number of benzene rings is 2. The summed E-state index contributed by atoms with van der Waals surface area (Å²) in [6, 6.07) is 16.8. The van der Waals surface area contributed by atoms with Crippen LogP contribution < -0.4 is 10.1 Å². The summed E-state index contributed by atoms with van der Waals surface area (Å²) in [5, 5.41) is 3.39. The third kappa shape index (κ3) is 5.10. The van der Waals surface area contributed by atoms with Crippen molar-refractivity contribution in [2.75, 3.05) is 40.5 Å². The molecule has 2 aliphatic rings. The number of likely N-dealkylation sites (tertiary alicyclic amines) is 1. The molecule has 0 bridgehead atoms. The van der Waals surface area contributed by atoms with E-state index in [0.717, 1.165) is 62.1 Å². The summed E-state index contributed by atoms with van der Waals surface area (Å²) in [7, 11) is 3.83. The van der Waals surface area contributed by atoms with Crippen molar-refractivity contribution < 1.29 is 14.3 Å². The fourth-order valence-electron chi connectivity index (χ4n) is 4.99. The molecule has 5 nitrogen and oxygen atoms in total. The monoisotopic (exact) mass is 422 g/mol. The van der Waals surface area contributed by atoms with Gasteiger partial charge in [0.15, 0.2) is 0 Å². The van der Waals surface area contributed by atoms with E-state index in [4.69, 9.17) is 9.47 Å². The van der Waals surface area contributed by atoms with Crippen LogP contribution in [0.15, 0.2) is 48.5 Å². The van der Waals surface area contributed by atoms with Crippen molar-refractivity contribution in [2.45, 2.75) is 38.1 Å². The molecule has 5 heteroatoms. The van der Waals surface area contributed by atoms with Crippen LogP contribution >= 0.6 is 0 Å². The lowest BCUT2D eigenvalue weighted by atomic mass is 9.74. The van der Waals surface area contributed by atoms with Gasteiger partial charge in [-0.3, -0.25) is 4.79 Å². The van der Waals surface area contributed by atoms with Crippen LogP contribution in [0.2, 0.25) is 0 Å². The first kappa shape index (κ1) is 21.8.